The molecule has 96 valence electrons. The van der Waals surface area contributed by atoms with E-state index in [2.05, 4.69) is 13.8 Å². The molecule has 3 N–H and O–H groups in total. The van der Waals surface area contributed by atoms with Crippen LogP contribution < -0.4 is 5.73 Å². The first kappa shape index (κ1) is 14.3. The Morgan fingerprint density at radius 3 is 2.94 bits per heavy atom. The number of hydrogen-bond acceptors (Lipinski definition) is 3. The molecule has 2 nitrogen and oxygen atoms in total. The van der Waals surface area contributed by atoms with Crippen LogP contribution >= 0.6 is 11.8 Å². The minimum absolute atomic E-state index is 0.160. The lowest BCUT2D eigenvalue weighted by Crippen LogP contribution is -2.47. The normalized spacial score (nSPS) is 31.9. The summed E-state index contributed by atoms with van der Waals surface area (Å²) in [7, 11) is 0. The molecule has 3 unspecified atom stereocenters. The van der Waals surface area contributed by atoms with E-state index in [4.69, 9.17) is 5.73 Å². The van der Waals surface area contributed by atoms with Crippen LogP contribution in [0.1, 0.15) is 46.0 Å². The molecule has 0 bridgehead atoms. The predicted octanol–water partition coefficient (Wildman–Crippen LogP) is 2.65. The summed E-state index contributed by atoms with van der Waals surface area (Å²) in [6.07, 6.45) is 5.86. The van der Waals surface area contributed by atoms with Crippen LogP contribution in [0, 0.1) is 11.8 Å². The highest BCUT2D eigenvalue weighted by Gasteiger charge is 2.38. The van der Waals surface area contributed by atoms with Crippen molar-refractivity contribution < 1.29 is 5.11 Å². The number of aliphatic hydroxyl groups is 1. The van der Waals surface area contributed by atoms with Crippen LogP contribution in [0.3, 0.4) is 0 Å². The third-order valence-electron chi connectivity index (χ3n) is 4.01. The van der Waals surface area contributed by atoms with Crippen LogP contribution in [0.2, 0.25) is 0 Å². The Morgan fingerprint density at radius 2 is 2.31 bits per heavy atom. The molecule has 1 aliphatic rings. The van der Waals surface area contributed by atoms with Gasteiger partial charge in [-0.2, -0.15) is 11.8 Å². The monoisotopic (exact) mass is 245 g/mol. The third kappa shape index (κ3) is 3.94. The lowest BCUT2D eigenvalue weighted by Gasteiger charge is -2.29. The van der Waals surface area contributed by atoms with Gasteiger partial charge < -0.3 is 10.8 Å². The molecular formula is C13H27NOS. The fraction of sp³-hybridized carbons (Fsp3) is 1.00. The van der Waals surface area contributed by atoms with Gasteiger partial charge in [0.15, 0.2) is 0 Å². The number of thioether (sulfide) groups is 1. The molecule has 0 radical (unpaired) electrons. The second kappa shape index (κ2) is 6.87. The highest BCUT2D eigenvalue weighted by molar-refractivity contribution is 7.99. The molecule has 3 atom stereocenters. The highest BCUT2D eigenvalue weighted by Crippen LogP contribution is 2.36. The quantitative estimate of drug-likeness (QED) is 0.678. The Morgan fingerprint density at radius 1 is 1.56 bits per heavy atom. The van der Waals surface area contributed by atoms with Crippen molar-refractivity contribution in [1.82, 2.24) is 0 Å². The molecule has 1 rings (SSSR count). The highest BCUT2D eigenvalue weighted by atomic mass is 32.2. The van der Waals surface area contributed by atoms with Crippen LogP contribution in [0.5, 0.6) is 0 Å². The molecule has 0 aromatic rings. The molecule has 1 saturated carbocycles. The first-order chi connectivity index (χ1) is 7.62. The summed E-state index contributed by atoms with van der Waals surface area (Å²) < 4.78 is 0. The SMILES string of the molecule is CCC(C)CSCCC1CCCC1(N)CO. The largest absolute Gasteiger partial charge is 0.394 e. The van der Waals surface area contributed by atoms with Gasteiger partial charge in [-0.05, 0) is 42.6 Å². The van der Waals surface area contributed by atoms with E-state index < -0.39 is 0 Å². The van der Waals surface area contributed by atoms with Gasteiger partial charge in [0, 0.05) is 5.54 Å². The summed E-state index contributed by atoms with van der Waals surface area (Å²) in [5.74, 6) is 3.84. The summed E-state index contributed by atoms with van der Waals surface area (Å²) in [4.78, 5) is 0. The lowest BCUT2D eigenvalue weighted by molar-refractivity contribution is 0.158. The summed E-state index contributed by atoms with van der Waals surface area (Å²) in [6.45, 7) is 4.72. The number of rotatable bonds is 7. The van der Waals surface area contributed by atoms with E-state index in [0.29, 0.717) is 5.92 Å². The zero-order valence-electron chi connectivity index (χ0n) is 10.7. The fourth-order valence-electron chi connectivity index (χ4n) is 2.44. The van der Waals surface area contributed by atoms with Crippen LogP contribution in [-0.4, -0.2) is 28.8 Å². The Labute approximate surface area is 104 Å². The van der Waals surface area contributed by atoms with Gasteiger partial charge in [0.2, 0.25) is 0 Å². The first-order valence-electron chi connectivity index (χ1n) is 6.60. The van der Waals surface area contributed by atoms with E-state index >= 15 is 0 Å². The number of hydrogen-bond donors (Lipinski definition) is 2. The summed E-state index contributed by atoms with van der Waals surface area (Å²) >= 11 is 2.05. The van der Waals surface area contributed by atoms with Crippen LogP contribution in [0.15, 0.2) is 0 Å². The summed E-state index contributed by atoms with van der Waals surface area (Å²) in [5, 5.41) is 9.35. The average Bonchev–Trinajstić information content (AvgIpc) is 2.67. The molecule has 1 aliphatic carbocycles. The maximum absolute atomic E-state index is 9.35. The molecule has 0 spiro atoms. The molecule has 0 saturated heterocycles. The van der Waals surface area contributed by atoms with Crippen molar-refractivity contribution in [1.29, 1.82) is 0 Å². The van der Waals surface area contributed by atoms with Crippen molar-refractivity contribution >= 4 is 11.8 Å². The molecular weight excluding hydrogens is 218 g/mol. The zero-order chi connectivity index (χ0) is 12.0. The van der Waals surface area contributed by atoms with Gasteiger partial charge in [0.1, 0.15) is 0 Å². The van der Waals surface area contributed by atoms with Crippen molar-refractivity contribution in [2.24, 2.45) is 17.6 Å². The first-order valence-corrected chi connectivity index (χ1v) is 7.75. The predicted molar refractivity (Wildman–Crippen MR) is 72.7 cm³/mol. The van der Waals surface area contributed by atoms with Crippen molar-refractivity contribution in [3.63, 3.8) is 0 Å². The van der Waals surface area contributed by atoms with Gasteiger partial charge >= 0.3 is 0 Å². The molecule has 0 amide bonds. The van der Waals surface area contributed by atoms with Crippen LogP contribution in [-0.2, 0) is 0 Å². The Bertz CT molecular complexity index is 200. The third-order valence-corrected chi connectivity index (χ3v) is 5.34. The molecule has 16 heavy (non-hydrogen) atoms. The maximum Gasteiger partial charge on any atom is 0.0613 e. The van der Waals surface area contributed by atoms with Crippen molar-refractivity contribution in [3.05, 3.63) is 0 Å². The van der Waals surface area contributed by atoms with Crippen molar-refractivity contribution in [2.75, 3.05) is 18.1 Å². The summed E-state index contributed by atoms with van der Waals surface area (Å²) in [5.41, 5.74) is 5.94. The fourth-order valence-corrected chi connectivity index (χ4v) is 3.69. The zero-order valence-corrected chi connectivity index (χ0v) is 11.6. The molecule has 0 aliphatic heterocycles. The van der Waals surface area contributed by atoms with Gasteiger partial charge in [-0.15, -0.1) is 0 Å². The Balaban J connectivity index is 2.17. The molecule has 0 aromatic carbocycles. The Kier molecular flexibility index (Phi) is 6.16. The van der Waals surface area contributed by atoms with Crippen molar-refractivity contribution in [2.45, 2.75) is 51.5 Å². The van der Waals surface area contributed by atoms with Gasteiger partial charge in [-0.3, -0.25) is 0 Å². The molecule has 1 fully saturated rings. The smallest absolute Gasteiger partial charge is 0.0613 e. The minimum atomic E-state index is -0.267. The van der Waals surface area contributed by atoms with E-state index in [1.54, 1.807) is 0 Å². The topological polar surface area (TPSA) is 46.2 Å². The van der Waals surface area contributed by atoms with Gasteiger partial charge in [0.05, 0.1) is 6.61 Å². The second-order valence-corrected chi connectivity index (χ2v) is 6.51. The number of aliphatic hydroxyl groups excluding tert-OH is 1. The van der Waals surface area contributed by atoms with E-state index in [0.717, 1.165) is 12.3 Å². The van der Waals surface area contributed by atoms with E-state index in [1.165, 1.54) is 37.2 Å². The van der Waals surface area contributed by atoms with Crippen molar-refractivity contribution in [3.8, 4) is 0 Å². The minimum Gasteiger partial charge on any atom is -0.394 e. The van der Waals surface area contributed by atoms with Gasteiger partial charge in [0.25, 0.3) is 0 Å². The average molecular weight is 245 g/mol. The van der Waals surface area contributed by atoms with E-state index in [9.17, 15) is 5.11 Å². The van der Waals surface area contributed by atoms with E-state index in [1.807, 2.05) is 11.8 Å². The van der Waals surface area contributed by atoms with Crippen LogP contribution in [0.4, 0.5) is 0 Å². The van der Waals surface area contributed by atoms with Crippen LogP contribution in [0.25, 0.3) is 0 Å². The number of nitrogens with two attached hydrogens (primary N) is 1. The molecule has 0 heterocycles. The molecule has 3 heteroatoms. The second-order valence-electron chi connectivity index (χ2n) is 5.36. The standard InChI is InChI=1S/C13H27NOS/c1-3-11(2)9-16-8-6-12-5-4-7-13(12,14)10-15/h11-12,15H,3-10,14H2,1-2H3. The lowest BCUT2D eigenvalue weighted by atomic mass is 9.87. The summed E-state index contributed by atoms with van der Waals surface area (Å²) in [6, 6.07) is 0. The van der Waals surface area contributed by atoms with Gasteiger partial charge in [-0.1, -0.05) is 26.7 Å². The Hall–Kier alpha value is 0.270. The maximum atomic E-state index is 9.35. The van der Waals surface area contributed by atoms with Gasteiger partial charge in [-0.25, -0.2) is 0 Å². The molecule has 0 aromatic heterocycles. The van der Waals surface area contributed by atoms with E-state index in [-0.39, 0.29) is 12.1 Å².